The lowest BCUT2D eigenvalue weighted by Gasteiger charge is -2.17. The van der Waals surface area contributed by atoms with Crippen LogP contribution in [0.3, 0.4) is 0 Å². The molecule has 0 bridgehead atoms. The smallest absolute Gasteiger partial charge is 0.407 e. The van der Waals surface area contributed by atoms with Crippen LogP contribution in [0.15, 0.2) is 77.7 Å². The molecule has 9 heteroatoms. The number of aliphatic carboxylic acids is 1. The van der Waals surface area contributed by atoms with Gasteiger partial charge >= 0.3 is 12.1 Å². The van der Waals surface area contributed by atoms with Crippen molar-refractivity contribution >= 4 is 22.2 Å². The molecule has 0 unspecified atom stereocenters. The summed E-state index contributed by atoms with van der Waals surface area (Å²) < 4.78 is 36.7. The minimum atomic E-state index is -4.35. The average Bonchev–Trinajstić information content (AvgIpc) is 3.11. The molecule has 170 valence electrons. The van der Waals surface area contributed by atoms with Crippen LogP contribution in [0.5, 0.6) is 0 Å². The molecule has 0 saturated carbocycles. The molecule has 4 rings (SSSR count). The number of hydrogen-bond acceptors (Lipinski definition) is 5. The number of alkyl carbamates (subject to hydrolysis) is 1. The summed E-state index contributed by atoms with van der Waals surface area (Å²) in [6.45, 7) is 0.0508. The van der Waals surface area contributed by atoms with Crippen LogP contribution in [0, 0.1) is 0 Å². The zero-order valence-corrected chi connectivity index (χ0v) is 18.2. The molecule has 0 aromatic heterocycles. The van der Waals surface area contributed by atoms with Gasteiger partial charge in [-0.25, -0.2) is 9.59 Å². The van der Waals surface area contributed by atoms with E-state index in [2.05, 4.69) is 5.32 Å². The van der Waals surface area contributed by atoms with E-state index in [1.165, 1.54) is 12.1 Å². The molecule has 0 radical (unpaired) electrons. The van der Waals surface area contributed by atoms with Crippen molar-refractivity contribution in [2.24, 2.45) is 0 Å². The molecule has 1 aliphatic rings. The SMILES string of the molecule is O=C(N[C@@H](Cc1ccc(S(=O)(=O)O)cc1)C(=O)O)OCC1c2ccccc2-c2ccccc21. The maximum atomic E-state index is 12.4. The quantitative estimate of drug-likeness (QED) is 0.454. The van der Waals surface area contributed by atoms with Crippen LogP contribution in [-0.2, 0) is 26.1 Å². The van der Waals surface area contributed by atoms with Gasteiger partial charge in [-0.1, -0.05) is 60.7 Å². The zero-order chi connectivity index (χ0) is 23.6. The molecule has 0 saturated heterocycles. The fraction of sp³-hybridized carbons (Fsp3) is 0.167. The van der Waals surface area contributed by atoms with Gasteiger partial charge in [0.2, 0.25) is 0 Å². The van der Waals surface area contributed by atoms with E-state index in [-0.39, 0.29) is 23.8 Å². The van der Waals surface area contributed by atoms with Crippen LogP contribution in [-0.4, -0.2) is 42.8 Å². The van der Waals surface area contributed by atoms with Gasteiger partial charge in [-0.3, -0.25) is 4.55 Å². The third kappa shape index (κ3) is 4.89. The summed E-state index contributed by atoms with van der Waals surface area (Å²) in [5.41, 5.74) is 4.71. The van der Waals surface area contributed by atoms with Crippen molar-refractivity contribution in [2.45, 2.75) is 23.3 Å². The second-order valence-electron chi connectivity index (χ2n) is 7.68. The van der Waals surface area contributed by atoms with E-state index in [1.54, 1.807) is 0 Å². The first-order valence-electron chi connectivity index (χ1n) is 10.1. The van der Waals surface area contributed by atoms with Crippen LogP contribution in [0.2, 0.25) is 0 Å². The minimum absolute atomic E-state index is 0.0508. The molecular weight excluding hydrogens is 446 g/mol. The molecule has 0 spiro atoms. The summed E-state index contributed by atoms with van der Waals surface area (Å²) in [6, 6.07) is 19.5. The van der Waals surface area contributed by atoms with Crippen molar-refractivity contribution in [3.05, 3.63) is 89.5 Å². The lowest BCUT2D eigenvalue weighted by atomic mass is 9.98. The fourth-order valence-electron chi connectivity index (χ4n) is 4.02. The highest BCUT2D eigenvalue weighted by Gasteiger charge is 2.29. The number of carbonyl (C=O) groups excluding carboxylic acids is 1. The molecular formula is C24H21NO7S. The number of fused-ring (bicyclic) bond motifs is 3. The first kappa shape index (κ1) is 22.5. The Hall–Kier alpha value is -3.69. The number of carboxylic acid groups (broad SMARTS) is 1. The predicted octanol–water partition coefficient (Wildman–Crippen LogP) is 3.47. The zero-order valence-electron chi connectivity index (χ0n) is 17.3. The Morgan fingerprint density at radius 3 is 1.97 bits per heavy atom. The Morgan fingerprint density at radius 2 is 1.45 bits per heavy atom. The largest absolute Gasteiger partial charge is 0.480 e. The molecule has 0 aliphatic heterocycles. The molecule has 3 N–H and O–H groups in total. The Bertz CT molecular complexity index is 1260. The molecule has 3 aromatic carbocycles. The summed E-state index contributed by atoms with van der Waals surface area (Å²) in [4.78, 5) is 23.7. The third-order valence-corrected chi connectivity index (χ3v) is 6.46. The first-order valence-corrected chi connectivity index (χ1v) is 11.6. The van der Waals surface area contributed by atoms with Gasteiger partial charge in [0.15, 0.2) is 0 Å². The number of ether oxygens (including phenoxy) is 1. The fourth-order valence-corrected chi connectivity index (χ4v) is 4.50. The summed E-state index contributed by atoms with van der Waals surface area (Å²) in [7, 11) is -4.35. The van der Waals surface area contributed by atoms with E-state index in [0.717, 1.165) is 34.4 Å². The monoisotopic (exact) mass is 467 g/mol. The number of carboxylic acids is 1. The Morgan fingerprint density at radius 1 is 0.909 bits per heavy atom. The molecule has 3 aromatic rings. The summed E-state index contributed by atoms with van der Waals surface area (Å²) in [6.07, 6.45) is -0.954. The molecule has 1 aliphatic carbocycles. The van der Waals surface area contributed by atoms with Crippen LogP contribution >= 0.6 is 0 Å². The highest BCUT2D eigenvalue weighted by atomic mass is 32.2. The van der Waals surface area contributed by atoms with Gasteiger partial charge in [-0.15, -0.1) is 0 Å². The van der Waals surface area contributed by atoms with Gasteiger partial charge in [0, 0.05) is 12.3 Å². The minimum Gasteiger partial charge on any atom is -0.480 e. The normalized spacial score (nSPS) is 13.6. The molecule has 0 heterocycles. The molecule has 1 amide bonds. The van der Waals surface area contributed by atoms with Gasteiger partial charge in [0.1, 0.15) is 12.6 Å². The third-order valence-electron chi connectivity index (χ3n) is 5.59. The number of carbonyl (C=O) groups is 2. The van der Waals surface area contributed by atoms with Gasteiger partial charge in [0.25, 0.3) is 10.1 Å². The van der Waals surface area contributed by atoms with E-state index < -0.39 is 28.2 Å². The van der Waals surface area contributed by atoms with Gasteiger partial charge in [-0.05, 0) is 39.9 Å². The standard InChI is InChI=1S/C24H21NO7S/c26-23(27)22(13-15-9-11-16(12-10-15)33(29,30)31)25-24(28)32-14-21-19-7-3-1-5-17(19)18-6-2-4-8-20(18)21/h1-12,21-22H,13-14H2,(H,25,28)(H,26,27)(H,29,30,31)/t22-/m0/s1. The van der Waals surface area contributed by atoms with Crippen LogP contribution in [0.4, 0.5) is 4.79 Å². The van der Waals surface area contributed by atoms with E-state index >= 15 is 0 Å². The maximum absolute atomic E-state index is 12.4. The van der Waals surface area contributed by atoms with E-state index in [1.807, 2.05) is 48.5 Å². The number of rotatable bonds is 7. The van der Waals surface area contributed by atoms with Crippen molar-refractivity contribution in [1.82, 2.24) is 5.32 Å². The van der Waals surface area contributed by atoms with Gasteiger partial charge < -0.3 is 15.2 Å². The second kappa shape index (κ2) is 9.05. The van der Waals surface area contributed by atoms with Crippen LogP contribution < -0.4 is 5.32 Å². The van der Waals surface area contributed by atoms with E-state index in [9.17, 15) is 23.1 Å². The van der Waals surface area contributed by atoms with Crippen molar-refractivity contribution in [1.29, 1.82) is 0 Å². The molecule has 0 fully saturated rings. The Kier molecular flexibility index (Phi) is 6.17. The maximum Gasteiger partial charge on any atom is 0.407 e. The number of hydrogen-bond donors (Lipinski definition) is 3. The van der Waals surface area contributed by atoms with Crippen molar-refractivity contribution in [3.8, 4) is 11.1 Å². The van der Waals surface area contributed by atoms with Crippen molar-refractivity contribution in [2.75, 3.05) is 6.61 Å². The Labute approximate surface area is 190 Å². The van der Waals surface area contributed by atoms with Crippen molar-refractivity contribution < 1.29 is 32.4 Å². The van der Waals surface area contributed by atoms with Gasteiger partial charge in [-0.2, -0.15) is 8.42 Å². The predicted molar refractivity (Wildman–Crippen MR) is 120 cm³/mol. The first-order chi connectivity index (χ1) is 15.7. The second-order valence-corrected chi connectivity index (χ2v) is 9.11. The summed E-state index contributed by atoms with van der Waals surface area (Å²) in [5.74, 6) is -1.42. The van der Waals surface area contributed by atoms with E-state index in [0.29, 0.717) is 5.56 Å². The molecule has 33 heavy (non-hydrogen) atoms. The Balaban J connectivity index is 1.42. The lowest BCUT2D eigenvalue weighted by molar-refractivity contribution is -0.139. The lowest BCUT2D eigenvalue weighted by Crippen LogP contribution is -2.42. The molecule has 1 atom stereocenters. The highest BCUT2D eigenvalue weighted by Crippen LogP contribution is 2.44. The average molecular weight is 467 g/mol. The summed E-state index contributed by atoms with van der Waals surface area (Å²) >= 11 is 0. The topological polar surface area (TPSA) is 130 Å². The van der Waals surface area contributed by atoms with E-state index in [4.69, 9.17) is 9.29 Å². The van der Waals surface area contributed by atoms with Gasteiger partial charge in [0.05, 0.1) is 4.90 Å². The highest BCUT2D eigenvalue weighted by molar-refractivity contribution is 7.85. The van der Waals surface area contributed by atoms with Crippen molar-refractivity contribution in [3.63, 3.8) is 0 Å². The number of nitrogens with one attached hydrogen (secondary N) is 1. The molecule has 8 nitrogen and oxygen atoms in total. The summed E-state index contributed by atoms with van der Waals surface area (Å²) in [5, 5.41) is 11.9. The number of benzene rings is 3. The number of amides is 1. The van der Waals surface area contributed by atoms with Crippen LogP contribution in [0.25, 0.3) is 11.1 Å². The van der Waals surface area contributed by atoms with Crippen LogP contribution in [0.1, 0.15) is 22.6 Å².